The highest BCUT2D eigenvalue weighted by atomic mass is 35.5. The highest BCUT2D eigenvalue weighted by Crippen LogP contribution is 2.28. The van der Waals surface area contributed by atoms with E-state index in [9.17, 15) is 14.7 Å². The molecule has 7 heteroatoms. The summed E-state index contributed by atoms with van der Waals surface area (Å²) in [5, 5.41) is 13.2. The second kappa shape index (κ2) is 8.59. The Morgan fingerprint density at radius 1 is 1.26 bits per heavy atom. The SMILES string of the molecule is Cn1c(Oc2ccc(Cl)c(C(=O)NC(O)C3CCCCC3)c2)cccc1=O. The Morgan fingerprint density at radius 3 is 2.74 bits per heavy atom. The Labute approximate surface area is 162 Å². The summed E-state index contributed by atoms with van der Waals surface area (Å²) in [6, 6.07) is 9.36. The summed E-state index contributed by atoms with van der Waals surface area (Å²) in [6.07, 6.45) is 4.22. The predicted octanol–water partition coefficient (Wildman–Crippen LogP) is 3.46. The average Bonchev–Trinajstić information content (AvgIpc) is 2.67. The van der Waals surface area contributed by atoms with E-state index >= 15 is 0 Å². The van der Waals surface area contributed by atoms with Crippen LogP contribution in [0.4, 0.5) is 0 Å². The summed E-state index contributed by atoms with van der Waals surface area (Å²) in [6.45, 7) is 0. The van der Waals surface area contributed by atoms with Crippen molar-refractivity contribution in [2.24, 2.45) is 13.0 Å². The van der Waals surface area contributed by atoms with Gasteiger partial charge >= 0.3 is 0 Å². The van der Waals surface area contributed by atoms with E-state index in [1.165, 1.54) is 23.1 Å². The van der Waals surface area contributed by atoms with Crippen LogP contribution in [-0.4, -0.2) is 21.8 Å². The van der Waals surface area contributed by atoms with E-state index < -0.39 is 12.1 Å². The molecule has 1 unspecified atom stereocenters. The van der Waals surface area contributed by atoms with Gasteiger partial charge in [-0.3, -0.25) is 14.2 Å². The van der Waals surface area contributed by atoms with Gasteiger partial charge in [0, 0.05) is 19.0 Å². The van der Waals surface area contributed by atoms with Gasteiger partial charge in [-0.1, -0.05) is 36.9 Å². The zero-order valence-corrected chi connectivity index (χ0v) is 15.9. The predicted molar refractivity (Wildman–Crippen MR) is 103 cm³/mol. The maximum absolute atomic E-state index is 12.6. The number of hydrogen-bond acceptors (Lipinski definition) is 4. The summed E-state index contributed by atoms with van der Waals surface area (Å²) in [5.41, 5.74) is 0.0139. The summed E-state index contributed by atoms with van der Waals surface area (Å²) in [5.74, 6) is 0.335. The largest absolute Gasteiger partial charge is 0.441 e. The number of hydrogen-bond donors (Lipinski definition) is 2. The van der Waals surface area contributed by atoms with Gasteiger partial charge in [0.2, 0.25) is 5.88 Å². The van der Waals surface area contributed by atoms with Crippen molar-refractivity contribution in [3.05, 3.63) is 57.3 Å². The van der Waals surface area contributed by atoms with E-state index in [0.717, 1.165) is 25.7 Å². The quantitative estimate of drug-likeness (QED) is 0.766. The second-order valence-corrected chi connectivity index (χ2v) is 7.23. The van der Waals surface area contributed by atoms with E-state index in [1.54, 1.807) is 31.3 Å². The molecule has 1 aromatic heterocycles. The molecule has 0 saturated heterocycles. The van der Waals surface area contributed by atoms with Crippen molar-refractivity contribution in [1.82, 2.24) is 9.88 Å². The maximum Gasteiger partial charge on any atom is 0.254 e. The third-order valence-electron chi connectivity index (χ3n) is 4.92. The number of aliphatic hydroxyl groups excluding tert-OH is 1. The molecule has 6 nitrogen and oxygen atoms in total. The molecule has 0 spiro atoms. The van der Waals surface area contributed by atoms with Gasteiger partial charge in [-0.25, -0.2) is 0 Å². The van der Waals surface area contributed by atoms with Crippen LogP contribution in [0.15, 0.2) is 41.2 Å². The van der Waals surface area contributed by atoms with Gasteiger partial charge in [0.05, 0.1) is 10.6 Å². The molecular weight excluding hydrogens is 368 g/mol. The molecule has 0 radical (unpaired) electrons. The third-order valence-corrected chi connectivity index (χ3v) is 5.25. The van der Waals surface area contributed by atoms with Gasteiger partial charge in [-0.2, -0.15) is 0 Å². The Hall–Kier alpha value is -2.31. The zero-order valence-electron chi connectivity index (χ0n) is 15.2. The van der Waals surface area contributed by atoms with Crippen LogP contribution in [0.3, 0.4) is 0 Å². The first kappa shape index (κ1) is 19.5. The lowest BCUT2D eigenvalue weighted by molar-refractivity contribution is 0.0463. The van der Waals surface area contributed by atoms with Crippen molar-refractivity contribution < 1.29 is 14.6 Å². The van der Waals surface area contributed by atoms with Crippen LogP contribution < -0.4 is 15.6 Å². The van der Waals surface area contributed by atoms with E-state index in [4.69, 9.17) is 16.3 Å². The lowest BCUT2D eigenvalue weighted by Crippen LogP contribution is -2.41. The standard InChI is InChI=1S/C20H23ClN2O4/c1-23-17(24)8-5-9-18(23)27-14-10-11-16(21)15(12-14)20(26)22-19(25)13-6-3-2-4-7-13/h5,8-13,19,25H,2-4,6-7H2,1H3,(H,22,26). The molecule has 1 aliphatic rings. The first-order valence-electron chi connectivity index (χ1n) is 9.08. The Bertz CT molecular complexity index is 875. The highest BCUT2D eigenvalue weighted by Gasteiger charge is 2.24. The number of carbonyl (C=O) groups is 1. The molecule has 1 saturated carbocycles. The number of nitrogens with zero attached hydrogens (tertiary/aromatic N) is 1. The summed E-state index contributed by atoms with van der Waals surface area (Å²) >= 11 is 6.17. The summed E-state index contributed by atoms with van der Waals surface area (Å²) in [7, 11) is 1.60. The van der Waals surface area contributed by atoms with Gasteiger partial charge in [0.1, 0.15) is 12.0 Å². The molecule has 3 rings (SSSR count). The fraction of sp³-hybridized carbons (Fsp3) is 0.400. The molecule has 1 heterocycles. The molecule has 2 N–H and O–H groups in total. The van der Waals surface area contributed by atoms with Gasteiger partial charge in [0.25, 0.3) is 11.5 Å². The summed E-state index contributed by atoms with van der Waals surface area (Å²) < 4.78 is 7.08. The fourth-order valence-corrected chi connectivity index (χ4v) is 3.49. The molecular formula is C20H23ClN2O4. The fourth-order valence-electron chi connectivity index (χ4n) is 3.29. The molecule has 0 aliphatic heterocycles. The molecule has 2 aromatic rings. The molecule has 144 valence electrons. The number of ether oxygens (including phenoxy) is 1. The van der Waals surface area contributed by atoms with Crippen molar-refractivity contribution in [3.8, 4) is 11.6 Å². The monoisotopic (exact) mass is 390 g/mol. The normalized spacial score (nSPS) is 16.0. The van der Waals surface area contributed by atoms with Crippen LogP contribution in [0.25, 0.3) is 0 Å². The van der Waals surface area contributed by atoms with Crippen LogP contribution in [0, 0.1) is 5.92 Å². The van der Waals surface area contributed by atoms with Crippen molar-refractivity contribution >= 4 is 17.5 Å². The van der Waals surface area contributed by atoms with Crippen LogP contribution >= 0.6 is 11.6 Å². The lowest BCUT2D eigenvalue weighted by atomic mass is 9.88. The summed E-state index contributed by atoms with van der Waals surface area (Å²) in [4.78, 5) is 24.3. The van der Waals surface area contributed by atoms with Gasteiger partial charge < -0.3 is 15.2 Å². The molecule has 1 aromatic carbocycles. The average molecular weight is 391 g/mol. The first-order chi connectivity index (χ1) is 13.0. The number of carbonyl (C=O) groups excluding carboxylic acids is 1. The second-order valence-electron chi connectivity index (χ2n) is 6.82. The molecule has 1 aliphatic carbocycles. The molecule has 1 atom stereocenters. The molecule has 1 fully saturated rings. The van der Waals surface area contributed by atoms with Crippen LogP contribution in [0.1, 0.15) is 42.5 Å². The maximum atomic E-state index is 12.6. The van der Waals surface area contributed by atoms with E-state index in [2.05, 4.69) is 5.32 Å². The minimum absolute atomic E-state index is 0.0692. The number of amides is 1. The lowest BCUT2D eigenvalue weighted by Gasteiger charge is -2.27. The van der Waals surface area contributed by atoms with Crippen LogP contribution in [0.2, 0.25) is 5.02 Å². The van der Waals surface area contributed by atoms with Crippen molar-refractivity contribution in [3.63, 3.8) is 0 Å². The minimum Gasteiger partial charge on any atom is -0.441 e. The van der Waals surface area contributed by atoms with Gasteiger partial charge in [-0.15, -0.1) is 0 Å². The minimum atomic E-state index is -0.895. The number of halogens is 1. The van der Waals surface area contributed by atoms with Crippen molar-refractivity contribution in [1.29, 1.82) is 0 Å². The highest BCUT2D eigenvalue weighted by molar-refractivity contribution is 6.33. The van der Waals surface area contributed by atoms with Crippen molar-refractivity contribution in [2.45, 2.75) is 38.3 Å². The topological polar surface area (TPSA) is 80.6 Å². The number of aromatic nitrogens is 1. The third kappa shape index (κ3) is 4.70. The van der Waals surface area contributed by atoms with E-state index in [1.807, 2.05) is 0 Å². The van der Waals surface area contributed by atoms with Crippen LogP contribution in [-0.2, 0) is 7.05 Å². The number of nitrogens with one attached hydrogen (secondary N) is 1. The van der Waals surface area contributed by atoms with E-state index in [0.29, 0.717) is 11.6 Å². The Morgan fingerprint density at radius 2 is 2.00 bits per heavy atom. The van der Waals surface area contributed by atoms with Crippen LogP contribution in [0.5, 0.6) is 11.6 Å². The Balaban J connectivity index is 1.75. The smallest absolute Gasteiger partial charge is 0.254 e. The molecule has 1 amide bonds. The molecule has 27 heavy (non-hydrogen) atoms. The van der Waals surface area contributed by atoms with Crippen molar-refractivity contribution in [2.75, 3.05) is 0 Å². The number of benzene rings is 1. The Kier molecular flexibility index (Phi) is 6.19. The van der Waals surface area contributed by atoms with E-state index in [-0.39, 0.29) is 22.1 Å². The number of rotatable bonds is 5. The first-order valence-corrected chi connectivity index (χ1v) is 9.46. The van der Waals surface area contributed by atoms with Gasteiger partial charge in [-0.05, 0) is 37.1 Å². The van der Waals surface area contributed by atoms with Gasteiger partial charge in [0.15, 0.2) is 0 Å². The number of pyridine rings is 1. The molecule has 0 bridgehead atoms. The zero-order chi connectivity index (χ0) is 19.4. The number of aliphatic hydroxyl groups is 1.